The van der Waals surface area contributed by atoms with Crippen LogP contribution in [0.25, 0.3) is 10.9 Å². The number of nitrogens with one attached hydrogen (secondary N) is 1. The predicted octanol–water partition coefficient (Wildman–Crippen LogP) is 2.43. The summed E-state index contributed by atoms with van der Waals surface area (Å²) in [6.07, 6.45) is 0.634. The van der Waals surface area contributed by atoms with Crippen molar-refractivity contribution in [1.29, 1.82) is 0 Å². The summed E-state index contributed by atoms with van der Waals surface area (Å²) in [4.78, 5) is 24.3. The van der Waals surface area contributed by atoms with Gasteiger partial charge in [0.05, 0.1) is 26.8 Å². The number of amides is 1. The van der Waals surface area contributed by atoms with E-state index in [0.29, 0.717) is 40.3 Å². The van der Waals surface area contributed by atoms with E-state index < -0.39 is 17.9 Å². The maximum atomic E-state index is 12.8. The molecule has 1 aromatic carbocycles. The summed E-state index contributed by atoms with van der Waals surface area (Å²) < 4.78 is 17.9. The number of carboxylic acid groups (broad SMARTS) is 1. The van der Waals surface area contributed by atoms with Crippen molar-refractivity contribution in [2.75, 3.05) is 21.3 Å². The first-order chi connectivity index (χ1) is 12.8. The summed E-state index contributed by atoms with van der Waals surface area (Å²) in [7, 11) is 6.24. The topological polar surface area (TPSA) is 99.0 Å². The average Bonchev–Trinajstić information content (AvgIpc) is 2.99. The predicted molar refractivity (Wildman–Crippen MR) is 101 cm³/mol. The zero-order valence-corrected chi connectivity index (χ0v) is 16.5. The third kappa shape index (κ3) is 3.65. The van der Waals surface area contributed by atoms with E-state index in [1.807, 2.05) is 6.92 Å². The summed E-state index contributed by atoms with van der Waals surface area (Å²) in [6.45, 7) is 3.67. The zero-order chi connectivity index (χ0) is 20.3. The van der Waals surface area contributed by atoms with Crippen LogP contribution >= 0.6 is 0 Å². The molecular formula is C19H26N2O6. The molecule has 0 saturated heterocycles. The molecule has 2 atom stereocenters. The van der Waals surface area contributed by atoms with Gasteiger partial charge in [-0.25, -0.2) is 4.79 Å². The molecule has 1 aromatic heterocycles. The molecule has 0 aliphatic rings. The van der Waals surface area contributed by atoms with Gasteiger partial charge in [0.2, 0.25) is 5.75 Å². The molecular weight excluding hydrogens is 352 g/mol. The van der Waals surface area contributed by atoms with E-state index in [-0.39, 0.29) is 5.92 Å². The lowest BCUT2D eigenvalue weighted by Gasteiger charge is -2.20. The number of benzene rings is 1. The largest absolute Gasteiger partial charge is 0.493 e. The monoisotopic (exact) mass is 378 g/mol. The summed E-state index contributed by atoms with van der Waals surface area (Å²) in [6, 6.07) is 2.45. The van der Waals surface area contributed by atoms with Crippen molar-refractivity contribution in [3.8, 4) is 17.2 Å². The second-order valence-corrected chi connectivity index (χ2v) is 6.35. The van der Waals surface area contributed by atoms with E-state index in [0.717, 1.165) is 0 Å². The van der Waals surface area contributed by atoms with Gasteiger partial charge in [-0.3, -0.25) is 4.79 Å². The van der Waals surface area contributed by atoms with Crippen LogP contribution < -0.4 is 19.5 Å². The maximum absolute atomic E-state index is 12.8. The first-order valence-corrected chi connectivity index (χ1v) is 8.62. The lowest BCUT2D eigenvalue weighted by atomic mass is 9.99. The number of fused-ring (bicyclic) bond motifs is 1. The van der Waals surface area contributed by atoms with Gasteiger partial charge in [0.1, 0.15) is 11.7 Å². The molecule has 1 amide bonds. The van der Waals surface area contributed by atoms with Crippen LogP contribution in [-0.4, -0.2) is 48.9 Å². The van der Waals surface area contributed by atoms with Gasteiger partial charge >= 0.3 is 5.97 Å². The first kappa shape index (κ1) is 20.4. The summed E-state index contributed by atoms with van der Waals surface area (Å²) in [5.74, 6) is -0.397. The van der Waals surface area contributed by atoms with Crippen LogP contribution in [0.3, 0.4) is 0 Å². The summed E-state index contributed by atoms with van der Waals surface area (Å²) in [5, 5.41) is 12.8. The molecule has 2 rings (SSSR count). The molecule has 0 bridgehead atoms. The third-order valence-electron chi connectivity index (χ3n) is 4.82. The van der Waals surface area contributed by atoms with E-state index in [4.69, 9.17) is 14.2 Å². The molecule has 0 aliphatic carbocycles. The van der Waals surface area contributed by atoms with Crippen LogP contribution in [0.4, 0.5) is 0 Å². The SMILES string of the molecule is CC[C@H](C)[C@H](NC(=O)c1cc2cc(OC)c(OC)c(OC)c2n1C)C(=O)O. The number of aryl methyl sites for hydroxylation is 1. The zero-order valence-electron chi connectivity index (χ0n) is 16.5. The number of carboxylic acids is 1. The lowest BCUT2D eigenvalue weighted by Crippen LogP contribution is -2.45. The summed E-state index contributed by atoms with van der Waals surface area (Å²) >= 11 is 0. The number of ether oxygens (including phenoxy) is 3. The van der Waals surface area contributed by atoms with Crippen molar-refractivity contribution in [3.05, 3.63) is 17.8 Å². The fourth-order valence-corrected chi connectivity index (χ4v) is 3.10. The maximum Gasteiger partial charge on any atom is 0.326 e. The Morgan fingerprint density at radius 2 is 1.78 bits per heavy atom. The lowest BCUT2D eigenvalue weighted by molar-refractivity contribution is -0.140. The molecule has 0 saturated carbocycles. The van der Waals surface area contributed by atoms with Crippen LogP contribution in [0, 0.1) is 5.92 Å². The first-order valence-electron chi connectivity index (χ1n) is 8.62. The highest BCUT2D eigenvalue weighted by atomic mass is 16.5. The van der Waals surface area contributed by atoms with Crippen LogP contribution in [0.15, 0.2) is 12.1 Å². The Kier molecular flexibility index (Phi) is 6.20. The highest BCUT2D eigenvalue weighted by Gasteiger charge is 2.28. The highest BCUT2D eigenvalue weighted by Crippen LogP contribution is 2.44. The quantitative estimate of drug-likeness (QED) is 0.732. The fourth-order valence-electron chi connectivity index (χ4n) is 3.10. The minimum Gasteiger partial charge on any atom is -0.493 e. The molecule has 8 heteroatoms. The van der Waals surface area contributed by atoms with Gasteiger partial charge in [0.15, 0.2) is 11.5 Å². The van der Waals surface area contributed by atoms with Gasteiger partial charge in [0.25, 0.3) is 5.91 Å². The van der Waals surface area contributed by atoms with Gasteiger partial charge in [-0.2, -0.15) is 0 Å². The molecule has 2 aromatic rings. The van der Waals surface area contributed by atoms with E-state index in [9.17, 15) is 14.7 Å². The van der Waals surface area contributed by atoms with Crippen molar-refractivity contribution in [2.24, 2.45) is 13.0 Å². The Morgan fingerprint density at radius 1 is 1.15 bits per heavy atom. The number of hydrogen-bond donors (Lipinski definition) is 2. The highest BCUT2D eigenvalue weighted by molar-refractivity contribution is 6.02. The number of rotatable bonds is 8. The van der Waals surface area contributed by atoms with E-state index in [2.05, 4.69) is 5.32 Å². The van der Waals surface area contributed by atoms with Gasteiger partial charge < -0.3 is 29.2 Å². The van der Waals surface area contributed by atoms with E-state index >= 15 is 0 Å². The second-order valence-electron chi connectivity index (χ2n) is 6.35. The van der Waals surface area contributed by atoms with Crippen LogP contribution in [0.2, 0.25) is 0 Å². The number of methoxy groups -OCH3 is 3. The van der Waals surface area contributed by atoms with Gasteiger partial charge in [-0.05, 0) is 18.1 Å². The smallest absolute Gasteiger partial charge is 0.326 e. The van der Waals surface area contributed by atoms with Crippen LogP contribution in [0.1, 0.15) is 30.8 Å². The molecule has 1 heterocycles. The van der Waals surface area contributed by atoms with E-state index in [1.165, 1.54) is 21.3 Å². The molecule has 27 heavy (non-hydrogen) atoms. The minimum atomic E-state index is -1.06. The Morgan fingerprint density at radius 3 is 2.26 bits per heavy atom. The van der Waals surface area contributed by atoms with Crippen LogP contribution in [0.5, 0.6) is 17.2 Å². The van der Waals surface area contributed by atoms with Crippen molar-refractivity contribution in [1.82, 2.24) is 9.88 Å². The second kappa shape index (κ2) is 8.20. The Hall–Kier alpha value is -2.90. The fraction of sp³-hybridized carbons (Fsp3) is 0.474. The third-order valence-corrected chi connectivity index (χ3v) is 4.82. The van der Waals surface area contributed by atoms with Gasteiger partial charge in [-0.15, -0.1) is 0 Å². The van der Waals surface area contributed by atoms with Crippen molar-refractivity contribution in [2.45, 2.75) is 26.3 Å². The molecule has 8 nitrogen and oxygen atoms in total. The number of carbonyl (C=O) groups is 2. The number of nitrogens with zero attached hydrogens (tertiary/aromatic N) is 1. The molecule has 2 N–H and O–H groups in total. The standard InChI is InChI=1S/C19H26N2O6/c1-7-10(2)14(19(23)24)20-18(22)12-8-11-9-13(25-4)16(26-5)17(27-6)15(11)21(12)3/h8-10,14H,7H2,1-6H3,(H,20,22)(H,23,24)/t10-,14-/m0/s1. The van der Waals surface area contributed by atoms with Crippen molar-refractivity contribution < 1.29 is 28.9 Å². The Labute approximate surface area is 158 Å². The summed E-state index contributed by atoms with van der Waals surface area (Å²) in [5.41, 5.74) is 0.962. The molecule has 148 valence electrons. The van der Waals surface area contributed by atoms with Crippen molar-refractivity contribution >= 4 is 22.8 Å². The van der Waals surface area contributed by atoms with Gasteiger partial charge in [-0.1, -0.05) is 20.3 Å². The van der Waals surface area contributed by atoms with E-state index in [1.54, 1.807) is 30.7 Å². The molecule has 0 unspecified atom stereocenters. The van der Waals surface area contributed by atoms with Crippen molar-refractivity contribution in [3.63, 3.8) is 0 Å². The Bertz CT molecular complexity index is 858. The average molecular weight is 378 g/mol. The number of carbonyl (C=O) groups excluding carboxylic acids is 1. The number of aliphatic carboxylic acids is 1. The molecule has 0 spiro atoms. The number of aromatic nitrogens is 1. The normalized spacial score (nSPS) is 13.1. The van der Waals surface area contributed by atoms with Crippen LogP contribution in [-0.2, 0) is 11.8 Å². The molecule has 0 radical (unpaired) electrons. The number of hydrogen-bond acceptors (Lipinski definition) is 5. The molecule has 0 aliphatic heterocycles. The van der Waals surface area contributed by atoms with Gasteiger partial charge in [0, 0.05) is 12.4 Å². The Balaban J connectivity index is 2.55. The minimum absolute atomic E-state index is 0.198. The molecule has 0 fully saturated rings.